The van der Waals surface area contributed by atoms with Crippen LogP contribution in [0.25, 0.3) is 43.7 Å². The van der Waals surface area contributed by atoms with Crippen molar-refractivity contribution in [2.75, 3.05) is 0 Å². The van der Waals surface area contributed by atoms with Gasteiger partial charge in [-0.25, -0.2) is 0 Å². The van der Waals surface area contributed by atoms with Crippen molar-refractivity contribution in [1.82, 2.24) is 3.97 Å². The minimum atomic E-state index is 0.903. The molecule has 2 aromatic heterocycles. The molecule has 0 aliphatic heterocycles. The minimum absolute atomic E-state index is 0.903. The first-order chi connectivity index (χ1) is 10.3. The zero-order valence-electron chi connectivity index (χ0n) is 11.1. The summed E-state index contributed by atoms with van der Waals surface area (Å²) in [5.41, 5.74) is 3.95. The molecule has 0 radical (unpaired) electrons. The van der Waals surface area contributed by atoms with Crippen molar-refractivity contribution in [2.45, 2.75) is 0 Å². The van der Waals surface area contributed by atoms with E-state index in [1.54, 1.807) is 0 Å². The average molecular weight is 289 g/mol. The SMILES string of the molecule is Sn1c2ccccc2c2ccc3c4ccccc4oc3c21. The molecule has 2 heterocycles. The standard InChI is InChI=1S/C18H11NOS/c21-19-15-7-3-1-5-11(15)13-9-10-14-12-6-2-4-8-16(12)20-18(14)17(13)19/h1-10,21H. The molecule has 0 saturated carbocycles. The van der Waals surface area contributed by atoms with Gasteiger partial charge in [0, 0.05) is 21.5 Å². The van der Waals surface area contributed by atoms with Crippen molar-refractivity contribution in [3.8, 4) is 0 Å². The molecule has 0 saturated heterocycles. The number of fused-ring (bicyclic) bond motifs is 7. The van der Waals surface area contributed by atoms with E-state index in [9.17, 15) is 0 Å². The highest BCUT2D eigenvalue weighted by atomic mass is 32.1. The molecule has 0 unspecified atom stereocenters. The van der Waals surface area contributed by atoms with Crippen LogP contribution in [-0.4, -0.2) is 3.97 Å². The van der Waals surface area contributed by atoms with Gasteiger partial charge >= 0.3 is 0 Å². The Kier molecular flexibility index (Phi) is 2.06. The summed E-state index contributed by atoms with van der Waals surface area (Å²) in [6, 6.07) is 20.7. The van der Waals surface area contributed by atoms with Crippen LogP contribution in [0, 0.1) is 0 Å². The molecule has 0 atom stereocenters. The first kappa shape index (κ1) is 11.3. The molecule has 0 fully saturated rings. The Hall–Kier alpha value is -2.39. The Balaban J connectivity index is 2.14. The number of rotatable bonds is 0. The van der Waals surface area contributed by atoms with Gasteiger partial charge in [-0.3, -0.25) is 3.97 Å². The number of furan rings is 1. The lowest BCUT2D eigenvalue weighted by molar-refractivity contribution is 0.671. The molecular weight excluding hydrogens is 278 g/mol. The van der Waals surface area contributed by atoms with Crippen molar-refractivity contribution in [1.29, 1.82) is 0 Å². The van der Waals surface area contributed by atoms with Crippen LogP contribution in [0.5, 0.6) is 0 Å². The zero-order chi connectivity index (χ0) is 14.0. The van der Waals surface area contributed by atoms with Crippen molar-refractivity contribution in [2.24, 2.45) is 0 Å². The predicted molar refractivity (Wildman–Crippen MR) is 91.1 cm³/mol. The fraction of sp³-hybridized carbons (Fsp3) is 0. The molecule has 0 aliphatic rings. The number of benzene rings is 3. The van der Waals surface area contributed by atoms with Gasteiger partial charge in [-0.15, -0.1) is 0 Å². The average Bonchev–Trinajstić information content (AvgIpc) is 3.04. The molecule has 0 spiro atoms. The maximum absolute atomic E-state index is 6.11. The van der Waals surface area contributed by atoms with Gasteiger partial charge in [-0.2, -0.15) is 0 Å². The number of hydrogen-bond donors (Lipinski definition) is 1. The lowest BCUT2D eigenvalue weighted by Gasteiger charge is -1.96. The second-order valence-electron chi connectivity index (χ2n) is 5.27. The third kappa shape index (κ3) is 1.34. The highest BCUT2D eigenvalue weighted by Crippen LogP contribution is 2.38. The number of aromatic nitrogens is 1. The Morgan fingerprint density at radius 1 is 0.714 bits per heavy atom. The molecule has 0 N–H and O–H groups in total. The first-order valence-corrected chi connectivity index (χ1v) is 7.27. The smallest absolute Gasteiger partial charge is 0.160 e. The fourth-order valence-electron chi connectivity index (χ4n) is 3.21. The van der Waals surface area contributed by atoms with Crippen LogP contribution in [0.4, 0.5) is 0 Å². The van der Waals surface area contributed by atoms with Gasteiger partial charge < -0.3 is 4.42 Å². The Morgan fingerprint density at radius 2 is 1.43 bits per heavy atom. The van der Waals surface area contributed by atoms with Gasteiger partial charge in [0.15, 0.2) is 5.58 Å². The monoisotopic (exact) mass is 289 g/mol. The van der Waals surface area contributed by atoms with E-state index in [2.05, 4.69) is 49.2 Å². The van der Waals surface area contributed by atoms with E-state index in [4.69, 9.17) is 4.42 Å². The molecule has 21 heavy (non-hydrogen) atoms. The molecule has 100 valence electrons. The normalized spacial score (nSPS) is 12.0. The molecule has 0 bridgehead atoms. The second kappa shape index (κ2) is 3.83. The van der Waals surface area contributed by atoms with Crippen LogP contribution in [0.3, 0.4) is 0 Å². The summed E-state index contributed by atoms with van der Waals surface area (Å²) in [6.45, 7) is 0. The molecule has 2 nitrogen and oxygen atoms in total. The van der Waals surface area contributed by atoms with Crippen LogP contribution >= 0.6 is 12.8 Å². The third-order valence-corrected chi connectivity index (χ3v) is 4.57. The lowest BCUT2D eigenvalue weighted by Crippen LogP contribution is -1.79. The van der Waals surface area contributed by atoms with Crippen LogP contribution in [-0.2, 0) is 0 Å². The van der Waals surface area contributed by atoms with E-state index < -0.39 is 0 Å². The Morgan fingerprint density at radius 3 is 2.33 bits per heavy atom. The van der Waals surface area contributed by atoms with Crippen LogP contribution in [0.1, 0.15) is 0 Å². The number of nitrogens with zero attached hydrogens (tertiary/aromatic N) is 1. The van der Waals surface area contributed by atoms with E-state index in [1.807, 2.05) is 28.2 Å². The van der Waals surface area contributed by atoms with Gasteiger partial charge in [-0.1, -0.05) is 55.3 Å². The zero-order valence-corrected chi connectivity index (χ0v) is 12.0. The lowest BCUT2D eigenvalue weighted by atomic mass is 10.1. The summed E-state index contributed by atoms with van der Waals surface area (Å²) in [5, 5.41) is 4.65. The number of para-hydroxylation sites is 2. The van der Waals surface area contributed by atoms with Gasteiger partial charge in [0.05, 0.1) is 5.52 Å². The second-order valence-corrected chi connectivity index (χ2v) is 5.67. The number of thiol groups is 1. The molecule has 3 heteroatoms. The molecule has 5 aromatic rings. The highest BCUT2D eigenvalue weighted by Gasteiger charge is 2.15. The van der Waals surface area contributed by atoms with Crippen molar-refractivity contribution in [3.63, 3.8) is 0 Å². The van der Waals surface area contributed by atoms with Gasteiger partial charge in [0.2, 0.25) is 0 Å². The first-order valence-electron chi connectivity index (χ1n) is 6.87. The van der Waals surface area contributed by atoms with E-state index >= 15 is 0 Å². The number of hydrogen-bond acceptors (Lipinski definition) is 2. The Labute approximate surface area is 126 Å². The van der Waals surface area contributed by atoms with Crippen LogP contribution in [0.15, 0.2) is 65.1 Å². The molecular formula is C18H11NOS. The summed E-state index contributed by atoms with van der Waals surface area (Å²) in [7, 11) is 0. The van der Waals surface area contributed by atoms with Crippen molar-refractivity contribution >= 4 is 56.6 Å². The van der Waals surface area contributed by atoms with Gasteiger partial charge in [0.25, 0.3) is 0 Å². The predicted octanol–water partition coefficient (Wildman–Crippen LogP) is 5.39. The summed E-state index contributed by atoms with van der Waals surface area (Å²) >= 11 is 4.68. The van der Waals surface area contributed by atoms with E-state index in [1.165, 1.54) is 10.8 Å². The van der Waals surface area contributed by atoms with Crippen molar-refractivity contribution < 1.29 is 4.42 Å². The summed E-state index contributed by atoms with van der Waals surface area (Å²) in [5.74, 6) is 0. The van der Waals surface area contributed by atoms with Gasteiger partial charge in [-0.05, 0) is 18.2 Å². The van der Waals surface area contributed by atoms with Crippen LogP contribution in [0.2, 0.25) is 0 Å². The third-order valence-electron chi connectivity index (χ3n) is 4.15. The summed E-state index contributed by atoms with van der Waals surface area (Å²) in [4.78, 5) is 0. The Bertz CT molecular complexity index is 1150. The molecule has 0 amide bonds. The minimum Gasteiger partial charge on any atom is -0.454 e. The topological polar surface area (TPSA) is 18.1 Å². The summed E-state index contributed by atoms with van der Waals surface area (Å²) < 4.78 is 8.03. The quantitative estimate of drug-likeness (QED) is 0.379. The van der Waals surface area contributed by atoms with Crippen LogP contribution < -0.4 is 0 Å². The molecule has 5 rings (SSSR count). The molecule has 3 aromatic carbocycles. The maximum Gasteiger partial charge on any atom is 0.160 e. The van der Waals surface area contributed by atoms with E-state index in [0.29, 0.717) is 0 Å². The summed E-state index contributed by atoms with van der Waals surface area (Å²) in [6.07, 6.45) is 0. The fourth-order valence-corrected chi connectivity index (χ4v) is 3.58. The largest absolute Gasteiger partial charge is 0.454 e. The van der Waals surface area contributed by atoms with E-state index in [-0.39, 0.29) is 0 Å². The van der Waals surface area contributed by atoms with Crippen molar-refractivity contribution in [3.05, 3.63) is 60.7 Å². The molecule has 0 aliphatic carbocycles. The van der Waals surface area contributed by atoms with E-state index in [0.717, 1.165) is 33.0 Å². The highest BCUT2D eigenvalue weighted by molar-refractivity contribution is 7.79. The van der Waals surface area contributed by atoms with Gasteiger partial charge in [0.1, 0.15) is 11.1 Å². The maximum atomic E-state index is 6.11.